The van der Waals surface area contributed by atoms with Gasteiger partial charge in [-0.25, -0.2) is 4.39 Å². The van der Waals surface area contributed by atoms with Crippen molar-refractivity contribution in [2.75, 3.05) is 6.67 Å². The van der Waals surface area contributed by atoms with Gasteiger partial charge in [0.15, 0.2) is 0 Å². The molecule has 3 nitrogen and oxygen atoms in total. The van der Waals surface area contributed by atoms with E-state index in [9.17, 15) is 4.39 Å². The first-order valence-corrected chi connectivity index (χ1v) is 3.24. The second-order valence-electron chi connectivity index (χ2n) is 2.52. The fraction of sp³-hybridized carbons (Fsp3) is 1.00. The molecule has 2 N–H and O–H groups in total. The van der Waals surface area contributed by atoms with Crippen LogP contribution >= 0.6 is 0 Å². The van der Waals surface area contributed by atoms with Crippen LogP contribution in [0.3, 0.4) is 0 Å². The van der Waals surface area contributed by atoms with Crippen molar-refractivity contribution >= 4 is 0 Å². The Bertz CT molecular complexity index is 120. The molecule has 0 aromatic heterocycles. The molecule has 0 saturated carbocycles. The van der Waals surface area contributed by atoms with Gasteiger partial charge < -0.3 is 14.9 Å². The molecule has 1 heterocycles. The van der Waals surface area contributed by atoms with Crippen molar-refractivity contribution in [2.24, 2.45) is 0 Å². The SMILES string of the molecule is C[C@@H]1OC(CF)[C@@H](O)[C@@H]1O. The van der Waals surface area contributed by atoms with E-state index in [1.807, 2.05) is 0 Å². The molecule has 0 bridgehead atoms. The third-order valence-corrected chi connectivity index (χ3v) is 1.75. The zero-order valence-corrected chi connectivity index (χ0v) is 5.70. The Labute approximate surface area is 58.4 Å². The van der Waals surface area contributed by atoms with Gasteiger partial charge in [-0.2, -0.15) is 0 Å². The van der Waals surface area contributed by atoms with Crippen LogP contribution in [0.25, 0.3) is 0 Å². The summed E-state index contributed by atoms with van der Waals surface area (Å²) in [5.74, 6) is 0. The van der Waals surface area contributed by atoms with E-state index in [0.717, 1.165) is 0 Å². The Morgan fingerprint density at radius 3 is 2.20 bits per heavy atom. The minimum atomic E-state index is -1.07. The van der Waals surface area contributed by atoms with Crippen LogP contribution in [0.5, 0.6) is 0 Å². The van der Waals surface area contributed by atoms with Gasteiger partial charge >= 0.3 is 0 Å². The number of rotatable bonds is 1. The maximum Gasteiger partial charge on any atom is 0.118 e. The van der Waals surface area contributed by atoms with Gasteiger partial charge in [-0.15, -0.1) is 0 Å². The molecule has 1 fully saturated rings. The molecule has 10 heavy (non-hydrogen) atoms. The number of hydrogen-bond donors (Lipinski definition) is 2. The van der Waals surface area contributed by atoms with Gasteiger partial charge in [0.2, 0.25) is 0 Å². The van der Waals surface area contributed by atoms with Crippen LogP contribution in [-0.2, 0) is 4.74 Å². The number of aliphatic hydroxyl groups is 2. The Hall–Kier alpha value is -0.190. The second kappa shape index (κ2) is 2.82. The molecule has 0 aromatic rings. The van der Waals surface area contributed by atoms with Gasteiger partial charge in [-0.1, -0.05) is 0 Å². The van der Waals surface area contributed by atoms with Crippen molar-refractivity contribution in [2.45, 2.75) is 31.3 Å². The van der Waals surface area contributed by atoms with E-state index >= 15 is 0 Å². The summed E-state index contributed by atoms with van der Waals surface area (Å²) >= 11 is 0. The first-order chi connectivity index (χ1) is 4.66. The molecule has 0 amide bonds. The fourth-order valence-corrected chi connectivity index (χ4v) is 1.06. The lowest BCUT2D eigenvalue weighted by Gasteiger charge is -2.09. The lowest BCUT2D eigenvalue weighted by Crippen LogP contribution is -2.32. The Kier molecular flexibility index (Phi) is 2.23. The highest BCUT2D eigenvalue weighted by molar-refractivity contribution is 4.87. The molecule has 1 saturated heterocycles. The predicted molar refractivity (Wildman–Crippen MR) is 32.3 cm³/mol. The number of ether oxygens (including phenoxy) is 1. The smallest absolute Gasteiger partial charge is 0.118 e. The minimum absolute atomic E-state index is 0.462. The van der Waals surface area contributed by atoms with E-state index in [0.29, 0.717) is 0 Å². The average molecular weight is 150 g/mol. The van der Waals surface area contributed by atoms with Crippen molar-refractivity contribution in [3.05, 3.63) is 0 Å². The highest BCUT2D eigenvalue weighted by Gasteiger charge is 2.39. The molecule has 0 aliphatic carbocycles. The maximum atomic E-state index is 11.9. The lowest BCUT2D eigenvalue weighted by molar-refractivity contribution is 0.00203. The highest BCUT2D eigenvalue weighted by atomic mass is 19.1. The Morgan fingerprint density at radius 2 is 2.00 bits per heavy atom. The molecular weight excluding hydrogens is 139 g/mol. The van der Waals surface area contributed by atoms with Gasteiger partial charge in [0.25, 0.3) is 0 Å². The lowest BCUT2D eigenvalue weighted by atomic mass is 10.1. The van der Waals surface area contributed by atoms with E-state index < -0.39 is 31.1 Å². The van der Waals surface area contributed by atoms with Gasteiger partial charge in [0.05, 0.1) is 6.10 Å². The molecular formula is C6H11FO3. The van der Waals surface area contributed by atoms with Crippen LogP contribution in [0, 0.1) is 0 Å². The van der Waals surface area contributed by atoms with E-state index in [2.05, 4.69) is 0 Å². The normalized spacial score (nSPS) is 48.0. The van der Waals surface area contributed by atoms with Crippen molar-refractivity contribution in [3.8, 4) is 0 Å². The van der Waals surface area contributed by atoms with Crippen LogP contribution < -0.4 is 0 Å². The molecule has 1 aliphatic heterocycles. The van der Waals surface area contributed by atoms with Crippen LogP contribution in [0.2, 0.25) is 0 Å². The van der Waals surface area contributed by atoms with Gasteiger partial charge in [-0.3, -0.25) is 0 Å². The fourth-order valence-electron chi connectivity index (χ4n) is 1.06. The summed E-state index contributed by atoms with van der Waals surface area (Å²) in [5.41, 5.74) is 0. The monoisotopic (exact) mass is 150 g/mol. The van der Waals surface area contributed by atoms with E-state index in [1.165, 1.54) is 0 Å². The minimum Gasteiger partial charge on any atom is -0.388 e. The Morgan fingerprint density at radius 1 is 1.40 bits per heavy atom. The highest BCUT2D eigenvalue weighted by Crippen LogP contribution is 2.20. The van der Waals surface area contributed by atoms with Crippen LogP contribution in [0.1, 0.15) is 6.92 Å². The second-order valence-corrected chi connectivity index (χ2v) is 2.52. The van der Waals surface area contributed by atoms with Crippen LogP contribution in [0.4, 0.5) is 4.39 Å². The third kappa shape index (κ3) is 1.14. The molecule has 0 aromatic carbocycles. The van der Waals surface area contributed by atoms with Crippen molar-refractivity contribution < 1.29 is 19.3 Å². The topological polar surface area (TPSA) is 49.7 Å². The standard InChI is InChI=1S/C6H11FO3/c1-3-5(8)6(9)4(2-7)10-3/h3-6,8-9H,2H2,1H3/t3-,4?,5+,6+/m0/s1. The quantitative estimate of drug-likeness (QED) is 0.528. The van der Waals surface area contributed by atoms with Gasteiger partial charge in [0, 0.05) is 0 Å². The predicted octanol–water partition coefficient (Wildman–Crippen LogP) is -0.535. The maximum absolute atomic E-state index is 11.9. The molecule has 60 valence electrons. The summed E-state index contributed by atoms with van der Waals surface area (Å²) in [7, 11) is 0. The molecule has 0 spiro atoms. The van der Waals surface area contributed by atoms with Crippen molar-refractivity contribution in [1.82, 2.24) is 0 Å². The zero-order valence-electron chi connectivity index (χ0n) is 5.70. The van der Waals surface area contributed by atoms with Crippen LogP contribution in [-0.4, -0.2) is 41.3 Å². The molecule has 0 radical (unpaired) electrons. The summed E-state index contributed by atoms with van der Waals surface area (Å²) in [5, 5.41) is 18.0. The molecule has 1 rings (SSSR count). The van der Waals surface area contributed by atoms with Crippen LogP contribution in [0.15, 0.2) is 0 Å². The Balaban J connectivity index is 2.53. The van der Waals surface area contributed by atoms with Gasteiger partial charge in [-0.05, 0) is 6.92 Å². The van der Waals surface area contributed by atoms with Gasteiger partial charge in [0.1, 0.15) is 25.0 Å². The summed E-state index contributed by atoms with van der Waals surface area (Å²) in [6.07, 6.45) is -3.32. The molecule has 4 heteroatoms. The molecule has 1 unspecified atom stereocenters. The van der Waals surface area contributed by atoms with Crippen molar-refractivity contribution in [3.63, 3.8) is 0 Å². The average Bonchev–Trinajstić information content (AvgIpc) is 2.17. The molecule has 4 atom stereocenters. The number of aliphatic hydroxyl groups excluding tert-OH is 2. The largest absolute Gasteiger partial charge is 0.388 e. The van der Waals surface area contributed by atoms with E-state index in [-0.39, 0.29) is 0 Å². The first-order valence-electron chi connectivity index (χ1n) is 3.24. The zero-order chi connectivity index (χ0) is 7.72. The van der Waals surface area contributed by atoms with Crippen molar-refractivity contribution in [1.29, 1.82) is 0 Å². The summed E-state index contributed by atoms with van der Waals surface area (Å²) in [6.45, 7) is 0.853. The third-order valence-electron chi connectivity index (χ3n) is 1.75. The summed E-state index contributed by atoms with van der Waals surface area (Å²) in [6, 6.07) is 0. The summed E-state index contributed by atoms with van der Waals surface area (Å²) in [4.78, 5) is 0. The summed E-state index contributed by atoms with van der Waals surface area (Å²) < 4.78 is 16.8. The molecule has 1 aliphatic rings. The van der Waals surface area contributed by atoms with E-state index in [4.69, 9.17) is 14.9 Å². The van der Waals surface area contributed by atoms with E-state index in [1.54, 1.807) is 6.92 Å². The number of hydrogen-bond acceptors (Lipinski definition) is 3. The number of alkyl halides is 1. The number of halogens is 1. The first kappa shape index (κ1) is 7.91.